The molecule has 0 amide bonds. The highest BCUT2D eigenvalue weighted by Gasteiger charge is 2.21. The molecule has 0 aliphatic carbocycles. The van der Waals surface area contributed by atoms with E-state index >= 15 is 0 Å². The molecule has 1 aliphatic heterocycles. The maximum absolute atomic E-state index is 10.6. The number of rotatable bonds is 2. The predicted molar refractivity (Wildman–Crippen MR) is 60.4 cm³/mol. The van der Waals surface area contributed by atoms with E-state index in [1.54, 1.807) is 13.0 Å². The van der Waals surface area contributed by atoms with Crippen molar-refractivity contribution in [2.75, 3.05) is 18.0 Å². The fourth-order valence-corrected chi connectivity index (χ4v) is 1.90. The van der Waals surface area contributed by atoms with Gasteiger partial charge in [-0.3, -0.25) is 10.1 Å². The molecule has 1 saturated heterocycles. The van der Waals surface area contributed by atoms with Crippen LogP contribution in [0.5, 0.6) is 0 Å². The molecule has 0 aromatic carbocycles. The van der Waals surface area contributed by atoms with Crippen molar-refractivity contribution >= 4 is 11.5 Å². The Kier molecular flexibility index (Phi) is 2.74. The molecule has 0 bridgehead atoms. The number of nitrogens with two attached hydrogens (primary N) is 1. The molecule has 1 aromatic rings. The van der Waals surface area contributed by atoms with Gasteiger partial charge >= 0.3 is 0 Å². The van der Waals surface area contributed by atoms with Crippen LogP contribution >= 0.6 is 0 Å². The number of aromatic nitrogens is 1. The maximum atomic E-state index is 10.6. The topological polar surface area (TPSA) is 85.3 Å². The van der Waals surface area contributed by atoms with E-state index in [2.05, 4.69) is 9.88 Å². The predicted octanol–water partition coefficient (Wildman–Crippen LogP) is 0.836. The van der Waals surface area contributed by atoms with Crippen molar-refractivity contribution in [3.05, 3.63) is 27.9 Å². The first-order valence-corrected chi connectivity index (χ1v) is 5.20. The lowest BCUT2D eigenvalue weighted by atomic mass is 10.3. The second kappa shape index (κ2) is 4.05. The van der Waals surface area contributed by atoms with Crippen molar-refractivity contribution in [1.29, 1.82) is 0 Å². The van der Waals surface area contributed by atoms with Crippen LogP contribution in [-0.4, -0.2) is 29.0 Å². The van der Waals surface area contributed by atoms with E-state index in [1.807, 2.05) is 0 Å². The SMILES string of the molecule is Cc1nc(N2CCC(N)C2)ccc1[N+](=O)[O-]. The van der Waals surface area contributed by atoms with E-state index < -0.39 is 4.92 Å². The molecule has 0 saturated carbocycles. The van der Waals surface area contributed by atoms with Crippen LogP contribution in [0.15, 0.2) is 12.1 Å². The summed E-state index contributed by atoms with van der Waals surface area (Å²) in [4.78, 5) is 16.5. The third kappa shape index (κ3) is 1.96. The van der Waals surface area contributed by atoms with Crippen LogP contribution in [-0.2, 0) is 0 Å². The number of pyridine rings is 1. The van der Waals surface area contributed by atoms with Gasteiger partial charge in [0, 0.05) is 25.2 Å². The summed E-state index contributed by atoms with van der Waals surface area (Å²) in [5.74, 6) is 0.774. The summed E-state index contributed by atoms with van der Waals surface area (Å²) < 4.78 is 0. The van der Waals surface area contributed by atoms with Crippen molar-refractivity contribution in [1.82, 2.24) is 4.98 Å². The highest BCUT2D eigenvalue weighted by Crippen LogP contribution is 2.22. The van der Waals surface area contributed by atoms with E-state index in [-0.39, 0.29) is 11.7 Å². The van der Waals surface area contributed by atoms with E-state index in [4.69, 9.17) is 5.73 Å². The number of hydrogen-bond acceptors (Lipinski definition) is 5. The Bertz CT molecular complexity index is 421. The summed E-state index contributed by atoms with van der Waals surface area (Å²) in [5.41, 5.74) is 6.31. The van der Waals surface area contributed by atoms with Crippen LogP contribution in [0.4, 0.5) is 11.5 Å². The minimum absolute atomic E-state index is 0.0623. The fourth-order valence-electron chi connectivity index (χ4n) is 1.90. The van der Waals surface area contributed by atoms with Crippen molar-refractivity contribution < 1.29 is 4.92 Å². The Morgan fingerprint density at radius 3 is 2.88 bits per heavy atom. The van der Waals surface area contributed by atoms with Gasteiger partial charge in [0.15, 0.2) is 0 Å². The third-order valence-electron chi connectivity index (χ3n) is 2.79. The first-order valence-electron chi connectivity index (χ1n) is 5.20. The van der Waals surface area contributed by atoms with E-state index in [9.17, 15) is 10.1 Å². The van der Waals surface area contributed by atoms with Crippen LogP contribution in [0, 0.1) is 17.0 Å². The number of anilines is 1. The Morgan fingerprint density at radius 1 is 1.62 bits per heavy atom. The summed E-state index contributed by atoms with van der Waals surface area (Å²) >= 11 is 0. The fraction of sp³-hybridized carbons (Fsp3) is 0.500. The monoisotopic (exact) mass is 222 g/mol. The quantitative estimate of drug-likeness (QED) is 0.592. The van der Waals surface area contributed by atoms with Crippen LogP contribution in [0.3, 0.4) is 0 Å². The standard InChI is InChI=1S/C10H14N4O2/c1-7-9(14(15)16)2-3-10(12-7)13-5-4-8(11)6-13/h2-3,8H,4-6,11H2,1H3. The average Bonchev–Trinajstić information content (AvgIpc) is 2.64. The summed E-state index contributed by atoms with van der Waals surface area (Å²) in [5, 5.41) is 10.6. The molecule has 1 fully saturated rings. The van der Waals surface area contributed by atoms with E-state index in [0.717, 1.165) is 25.3 Å². The smallest absolute Gasteiger partial charge is 0.290 e. The Labute approximate surface area is 93.2 Å². The minimum Gasteiger partial charge on any atom is -0.355 e. The summed E-state index contributed by atoms with van der Waals surface area (Å²) in [6.07, 6.45) is 0.942. The van der Waals surface area contributed by atoms with Gasteiger partial charge in [-0.05, 0) is 19.4 Å². The number of aryl methyl sites for hydroxylation is 1. The highest BCUT2D eigenvalue weighted by molar-refractivity contribution is 5.47. The zero-order valence-electron chi connectivity index (χ0n) is 9.09. The second-order valence-electron chi connectivity index (χ2n) is 4.03. The molecule has 16 heavy (non-hydrogen) atoms. The van der Waals surface area contributed by atoms with Crippen molar-refractivity contribution in [3.63, 3.8) is 0 Å². The molecule has 1 atom stereocenters. The first-order chi connectivity index (χ1) is 7.58. The molecule has 86 valence electrons. The Hall–Kier alpha value is -1.69. The van der Waals surface area contributed by atoms with Gasteiger partial charge in [-0.25, -0.2) is 4.98 Å². The second-order valence-corrected chi connectivity index (χ2v) is 4.03. The van der Waals surface area contributed by atoms with Crippen molar-refractivity contribution in [2.45, 2.75) is 19.4 Å². The van der Waals surface area contributed by atoms with Gasteiger partial charge in [0.25, 0.3) is 5.69 Å². The highest BCUT2D eigenvalue weighted by atomic mass is 16.6. The largest absolute Gasteiger partial charge is 0.355 e. The normalized spacial score (nSPS) is 20.1. The van der Waals surface area contributed by atoms with Crippen LogP contribution in [0.1, 0.15) is 12.1 Å². The van der Waals surface area contributed by atoms with Gasteiger partial charge in [0.2, 0.25) is 0 Å². The van der Waals surface area contributed by atoms with Crippen molar-refractivity contribution in [3.8, 4) is 0 Å². The van der Waals surface area contributed by atoms with Crippen molar-refractivity contribution in [2.24, 2.45) is 5.73 Å². The molecule has 2 N–H and O–H groups in total. The van der Waals surface area contributed by atoms with Gasteiger partial charge < -0.3 is 10.6 Å². The third-order valence-corrected chi connectivity index (χ3v) is 2.79. The molecule has 6 heteroatoms. The zero-order chi connectivity index (χ0) is 11.7. The Morgan fingerprint density at radius 2 is 2.38 bits per heavy atom. The number of nitrogens with zero attached hydrogens (tertiary/aromatic N) is 3. The van der Waals surface area contributed by atoms with Crippen LogP contribution < -0.4 is 10.6 Å². The molecule has 0 spiro atoms. The molecule has 1 aliphatic rings. The molecule has 0 radical (unpaired) electrons. The average molecular weight is 222 g/mol. The lowest BCUT2D eigenvalue weighted by molar-refractivity contribution is -0.385. The van der Waals surface area contributed by atoms with Gasteiger partial charge in [-0.1, -0.05) is 0 Å². The molecule has 1 unspecified atom stereocenters. The van der Waals surface area contributed by atoms with Crippen LogP contribution in [0.25, 0.3) is 0 Å². The van der Waals surface area contributed by atoms with Gasteiger partial charge in [0.1, 0.15) is 11.5 Å². The lowest BCUT2D eigenvalue weighted by Gasteiger charge is -2.16. The summed E-state index contributed by atoms with van der Waals surface area (Å²) in [6, 6.07) is 3.36. The molecule has 2 heterocycles. The minimum atomic E-state index is -0.415. The maximum Gasteiger partial charge on any atom is 0.290 e. The number of nitro groups is 1. The van der Waals surface area contributed by atoms with Gasteiger partial charge in [-0.15, -0.1) is 0 Å². The summed E-state index contributed by atoms with van der Waals surface area (Å²) in [6.45, 7) is 3.29. The molecule has 6 nitrogen and oxygen atoms in total. The lowest BCUT2D eigenvalue weighted by Crippen LogP contribution is -2.27. The van der Waals surface area contributed by atoms with Gasteiger partial charge in [0.05, 0.1) is 4.92 Å². The first kappa shape index (κ1) is 10.8. The molecular weight excluding hydrogens is 208 g/mol. The molecule has 2 rings (SSSR count). The van der Waals surface area contributed by atoms with E-state index in [0.29, 0.717) is 5.69 Å². The van der Waals surface area contributed by atoms with Gasteiger partial charge in [-0.2, -0.15) is 0 Å². The van der Waals surface area contributed by atoms with Crippen LogP contribution in [0.2, 0.25) is 0 Å². The Balaban J connectivity index is 2.24. The summed E-state index contributed by atoms with van der Waals surface area (Å²) in [7, 11) is 0. The van der Waals surface area contributed by atoms with E-state index in [1.165, 1.54) is 6.07 Å². The zero-order valence-corrected chi connectivity index (χ0v) is 9.09. The molecular formula is C10H14N4O2. The molecule has 1 aromatic heterocycles. The number of hydrogen-bond donors (Lipinski definition) is 1.